The molecule has 0 aliphatic heterocycles. The van der Waals surface area contributed by atoms with Gasteiger partial charge in [0.25, 0.3) is 0 Å². The van der Waals surface area contributed by atoms with Gasteiger partial charge in [-0.25, -0.2) is 0 Å². The van der Waals surface area contributed by atoms with Crippen molar-refractivity contribution in [2.45, 2.75) is 43.2 Å². The second kappa shape index (κ2) is 7.04. The number of rotatable bonds is 8. The number of thioether (sulfide) groups is 1. The molecule has 1 aromatic rings. The Morgan fingerprint density at radius 1 is 1.29 bits per heavy atom. The highest BCUT2D eigenvalue weighted by Gasteiger charge is 2.19. The number of hydrogen-bond donors (Lipinski definition) is 2. The summed E-state index contributed by atoms with van der Waals surface area (Å²) in [6.07, 6.45) is 4.69. The smallest absolute Gasteiger partial charge is 0.0431 e. The molecule has 1 aliphatic carbocycles. The van der Waals surface area contributed by atoms with Gasteiger partial charge < -0.3 is 10.4 Å². The fraction of sp³-hybridized carbons (Fsp3) is 0.571. The molecule has 0 aromatic heterocycles. The van der Waals surface area contributed by atoms with Crippen LogP contribution in [0.4, 0.5) is 0 Å². The molecule has 0 spiro atoms. The summed E-state index contributed by atoms with van der Waals surface area (Å²) >= 11 is 1.89. The van der Waals surface area contributed by atoms with E-state index >= 15 is 0 Å². The van der Waals surface area contributed by atoms with Crippen molar-refractivity contribution < 1.29 is 5.11 Å². The molecule has 1 fully saturated rings. The zero-order valence-corrected chi connectivity index (χ0v) is 11.0. The number of nitrogens with one attached hydrogen (secondary N) is 1. The van der Waals surface area contributed by atoms with Crippen LogP contribution in [0.1, 0.15) is 31.2 Å². The van der Waals surface area contributed by atoms with Crippen molar-refractivity contribution >= 4 is 11.8 Å². The third-order valence-corrected chi connectivity index (χ3v) is 3.97. The molecule has 0 heterocycles. The molecule has 94 valence electrons. The monoisotopic (exact) mass is 251 g/mol. The van der Waals surface area contributed by atoms with E-state index in [1.807, 2.05) is 11.8 Å². The standard InChI is InChI=1S/C14H21NOS/c16-8-1-2-9-17-14-5-3-4-12(10-14)11-15-13-6-7-13/h3-5,10,13,15-16H,1-2,6-9,11H2. The maximum atomic E-state index is 8.72. The quantitative estimate of drug-likeness (QED) is 0.550. The minimum atomic E-state index is 0.311. The average Bonchev–Trinajstić information content (AvgIpc) is 3.17. The molecule has 0 atom stereocenters. The van der Waals surface area contributed by atoms with Gasteiger partial charge in [0, 0.05) is 24.1 Å². The van der Waals surface area contributed by atoms with Crippen LogP contribution < -0.4 is 5.32 Å². The van der Waals surface area contributed by atoms with Crippen molar-refractivity contribution in [3.63, 3.8) is 0 Å². The lowest BCUT2D eigenvalue weighted by atomic mass is 10.2. The third kappa shape index (κ3) is 5.11. The van der Waals surface area contributed by atoms with Crippen molar-refractivity contribution in [1.82, 2.24) is 5.32 Å². The molecule has 0 radical (unpaired) electrons. The average molecular weight is 251 g/mol. The Bertz CT molecular complexity index is 339. The minimum Gasteiger partial charge on any atom is -0.396 e. The van der Waals surface area contributed by atoms with Crippen LogP contribution in [0.15, 0.2) is 29.2 Å². The Morgan fingerprint density at radius 3 is 2.94 bits per heavy atom. The highest BCUT2D eigenvalue weighted by atomic mass is 32.2. The first kappa shape index (κ1) is 12.9. The first-order valence-electron chi connectivity index (χ1n) is 6.44. The second-order valence-electron chi connectivity index (χ2n) is 4.58. The van der Waals surface area contributed by atoms with E-state index in [0.717, 1.165) is 31.2 Å². The Hall–Kier alpha value is -0.510. The first-order valence-corrected chi connectivity index (χ1v) is 7.43. The predicted molar refractivity (Wildman–Crippen MR) is 73.3 cm³/mol. The van der Waals surface area contributed by atoms with Crippen LogP contribution >= 0.6 is 11.8 Å². The van der Waals surface area contributed by atoms with Gasteiger partial charge in [0.15, 0.2) is 0 Å². The highest BCUT2D eigenvalue weighted by molar-refractivity contribution is 7.99. The van der Waals surface area contributed by atoms with Crippen LogP contribution in [0.3, 0.4) is 0 Å². The number of aliphatic hydroxyl groups is 1. The highest BCUT2D eigenvalue weighted by Crippen LogP contribution is 2.22. The van der Waals surface area contributed by atoms with Crippen molar-refractivity contribution in [2.24, 2.45) is 0 Å². The van der Waals surface area contributed by atoms with Gasteiger partial charge in [0.2, 0.25) is 0 Å². The lowest BCUT2D eigenvalue weighted by Gasteiger charge is -2.06. The van der Waals surface area contributed by atoms with E-state index in [1.165, 1.54) is 23.3 Å². The van der Waals surface area contributed by atoms with E-state index in [4.69, 9.17) is 5.11 Å². The molecule has 1 aromatic carbocycles. The van der Waals surface area contributed by atoms with Gasteiger partial charge >= 0.3 is 0 Å². The van der Waals surface area contributed by atoms with Crippen molar-refractivity contribution in [1.29, 1.82) is 0 Å². The lowest BCUT2D eigenvalue weighted by molar-refractivity contribution is 0.287. The number of hydrogen-bond acceptors (Lipinski definition) is 3. The van der Waals surface area contributed by atoms with E-state index in [1.54, 1.807) is 0 Å². The van der Waals surface area contributed by atoms with Crippen LogP contribution in [0.2, 0.25) is 0 Å². The largest absolute Gasteiger partial charge is 0.396 e. The first-order chi connectivity index (χ1) is 8.38. The van der Waals surface area contributed by atoms with Crippen LogP contribution in [-0.2, 0) is 6.54 Å². The summed E-state index contributed by atoms with van der Waals surface area (Å²) in [5, 5.41) is 12.3. The minimum absolute atomic E-state index is 0.311. The molecular formula is C14H21NOS. The fourth-order valence-corrected chi connectivity index (χ4v) is 2.69. The molecule has 0 unspecified atom stereocenters. The summed E-state index contributed by atoms with van der Waals surface area (Å²) in [7, 11) is 0. The predicted octanol–water partition coefficient (Wildman–Crippen LogP) is 2.80. The van der Waals surface area contributed by atoms with Crippen LogP contribution in [0, 0.1) is 0 Å². The van der Waals surface area contributed by atoms with Gasteiger partial charge in [0.1, 0.15) is 0 Å². The van der Waals surface area contributed by atoms with Crippen LogP contribution in [-0.4, -0.2) is 23.5 Å². The maximum Gasteiger partial charge on any atom is 0.0431 e. The van der Waals surface area contributed by atoms with Gasteiger partial charge in [-0.2, -0.15) is 0 Å². The number of aliphatic hydroxyl groups excluding tert-OH is 1. The van der Waals surface area contributed by atoms with Crippen molar-refractivity contribution in [3.8, 4) is 0 Å². The molecule has 0 amide bonds. The van der Waals surface area contributed by atoms with Crippen molar-refractivity contribution in [3.05, 3.63) is 29.8 Å². The molecule has 1 aliphatic rings. The normalized spacial score (nSPS) is 15.1. The third-order valence-electron chi connectivity index (χ3n) is 2.89. The van der Waals surface area contributed by atoms with Crippen LogP contribution in [0.5, 0.6) is 0 Å². The number of benzene rings is 1. The molecular weight excluding hydrogens is 230 g/mol. The molecule has 0 bridgehead atoms. The Balaban J connectivity index is 1.74. The van der Waals surface area contributed by atoms with Gasteiger partial charge in [-0.15, -0.1) is 11.8 Å². The Kier molecular flexibility index (Phi) is 5.36. The van der Waals surface area contributed by atoms with E-state index in [-0.39, 0.29) is 0 Å². The molecule has 2 N–H and O–H groups in total. The number of unbranched alkanes of at least 4 members (excludes halogenated alkanes) is 1. The Morgan fingerprint density at radius 2 is 2.18 bits per heavy atom. The van der Waals surface area contributed by atoms with Gasteiger partial charge in [-0.1, -0.05) is 12.1 Å². The topological polar surface area (TPSA) is 32.3 Å². The molecule has 3 heteroatoms. The molecule has 1 saturated carbocycles. The van der Waals surface area contributed by atoms with E-state index in [2.05, 4.69) is 29.6 Å². The Labute approximate surface area is 108 Å². The molecule has 2 nitrogen and oxygen atoms in total. The summed E-state index contributed by atoms with van der Waals surface area (Å²) in [5.41, 5.74) is 1.38. The summed E-state index contributed by atoms with van der Waals surface area (Å²) in [6, 6.07) is 9.55. The molecule has 2 rings (SSSR count). The summed E-state index contributed by atoms with van der Waals surface area (Å²) in [4.78, 5) is 1.35. The van der Waals surface area contributed by atoms with E-state index in [9.17, 15) is 0 Å². The van der Waals surface area contributed by atoms with E-state index < -0.39 is 0 Å². The molecule has 0 saturated heterocycles. The zero-order chi connectivity index (χ0) is 11.9. The summed E-state index contributed by atoms with van der Waals surface area (Å²) in [6.45, 7) is 1.31. The van der Waals surface area contributed by atoms with Gasteiger partial charge in [-0.3, -0.25) is 0 Å². The maximum absolute atomic E-state index is 8.72. The lowest BCUT2D eigenvalue weighted by Crippen LogP contribution is -2.15. The summed E-state index contributed by atoms with van der Waals surface area (Å²) in [5.74, 6) is 1.10. The molecule has 17 heavy (non-hydrogen) atoms. The van der Waals surface area contributed by atoms with E-state index in [0.29, 0.717) is 6.61 Å². The van der Waals surface area contributed by atoms with Crippen LogP contribution in [0.25, 0.3) is 0 Å². The zero-order valence-electron chi connectivity index (χ0n) is 10.2. The summed E-state index contributed by atoms with van der Waals surface area (Å²) < 4.78 is 0. The van der Waals surface area contributed by atoms with Crippen molar-refractivity contribution in [2.75, 3.05) is 12.4 Å². The van der Waals surface area contributed by atoms with Gasteiger partial charge in [-0.05, 0) is 49.1 Å². The SMILES string of the molecule is OCCCCSc1cccc(CNC2CC2)c1. The second-order valence-corrected chi connectivity index (χ2v) is 5.75. The van der Waals surface area contributed by atoms with Gasteiger partial charge in [0.05, 0.1) is 0 Å². The fourth-order valence-electron chi connectivity index (χ4n) is 1.70.